The molecule has 5 heteroatoms. The third-order valence-electron chi connectivity index (χ3n) is 2.60. The summed E-state index contributed by atoms with van der Waals surface area (Å²) in [6, 6.07) is 4.69. The van der Waals surface area contributed by atoms with Gasteiger partial charge in [0, 0.05) is 6.54 Å². The van der Waals surface area contributed by atoms with E-state index in [0.29, 0.717) is 6.54 Å². The molecule has 1 atom stereocenters. The number of carbonyl (C=O) groups excluding carboxylic acids is 1. The zero-order valence-corrected chi connectivity index (χ0v) is 10.8. The zero-order chi connectivity index (χ0) is 11.7. The summed E-state index contributed by atoms with van der Waals surface area (Å²) in [5, 5.41) is 0.0435. The lowest BCUT2D eigenvalue weighted by atomic mass is 10.1. The van der Waals surface area contributed by atoms with E-state index in [4.69, 9.17) is 11.6 Å². The van der Waals surface area contributed by atoms with Crippen molar-refractivity contribution in [1.82, 2.24) is 0 Å². The molecule has 1 aromatic carbocycles. The number of hydrogen-bond donors (Lipinski definition) is 0. The maximum Gasteiger partial charge on any atom is 0.240 e. The van der Waals surface area contributed by atoms with E-state index in [2.05, 4.69) is 15.9 Å². The van der Waals surface area contributed by atoms with Crippen molar-refractivity contribution in [2.45, 2.75) is 17.7 Å². The summed E-state index contributed by atoms with van der Waals surface area (Å²) in [6.07, 6.45) is 1.64. The van der Waals surface area contributed by atoms with Crippen LogP contribution in [-0.4, -0.2) is 17.3 Å². The Morgan fingerprint density at radius 2 is 2.25 bits per heavy atom. The molecule has 1 fully saturated rings. The van der Waals surface area contributed by atoms with Gasteiger partial charge in [-0.1, -0.05) is 33.6 Å². The minimum absolute atomic E-state index is 0.0435. The van der Waals surface area contributed by atoms with Gasteiger partial charge < -0.3 is 4.90 Å². The van der Waals surface area contributed by atoms with Crippen LogP contribution in [0.4, 0.5) is 10.1 Å². The molecule has 1 aliphatic rings. The highest BCUT2D eigenvalue weighted by Gasteiger charge is 2.29. The quantitative estimate of drug-likeness (QED) is 0.729. The summed E-state index contributed by atoms with van der Waals surface area (Å²) in [7, 11) is 0. The van der Waals surface area contributed by atoms with Gasteiger partial charge in [-0.3, -0.25) is 4.79 Å². The van der Waals surface area contributed by atoms with Gasteiger partial charge in [0.25, 0.3) is 0 Å². The Kier molecular flexibility index (Phi) is 3.50. The van der Waals surface area contributed by atoms with Gasteiger partial charge in [-0.25, -0.2) is 4.39 Å². The number of amides is 1. The van der Waals surface area contributed by atoms with E-state index in [-0.39, 0.29) is 21.4 Å². The fraction of sp³-hybridized carbons (Fsp3) is 0.364. The molecule has 2 nitrogen and oxygen atoms in total. The van der Waals surface area contributed by atoms with Crippen LogP contribution in [0.5, 0.6) is 0 Å². The van der Waals surface area contributed by atoms with Crippen molar-refractivity contribution in [2.75, 3.05) is 11.4 Å². The van der Waals surface area contributed by atoms with Gasteiger partial charge in [-0.2, -0.15) is 0 Å². The molecule has 16 heavy (non-hydrogen) atoms. The van der Waals surface area contributed by atoms with E-state index in [0.717, 1.165) is 12.8 Å². The van der Waals surface area contributed by atoms with Gasteiger partial charge in [0.05, 0.1) is 15.5 Å². The molecule has 1 saturated heterocycles. The highest BCUT2D eigenvalue weighted by molar-refractivity contribution is 9.10. The molecule has 2 rings (SSSR count). The summed E-state index contributed by atoms with van der Waals surface area (Å²) in [6.45, 7) is 0.540. The molecule has 1 aromatic rings. The van der Waals surface area contributed by atoms with E-state index in [1.165, 1.54) is 11.0 Å². The Hall–Kier alpha value is -0.610. The fourth-order valence-corrected chi connectivity index (χ4v) is 2.51. The number of benzene rings is 1. The molecule has 0 N–H and O–H groups in total. The maximum absolute atomic E-state index is 13.7. The molecule has 86 valence electrons. The Labute approximate surface area is 107 Å². The largest absolute Gasteiger partial charge is 0.309 e. The lowest BCUT2D eigenvalue weighted by Crippen LogP contribution is -2.42. The molecular weight excluding hydrogens is 296 g/mol. The summed E-state index contributed by atoms with van der Waals surface area (Å²) in [4.78, 5) is 13.1. The molecule has 0 bridgehead atoms. The Morgan fingerprint density at radius 1 is 1.50 bits per heavy atom. The second-order valence-corrected chi connectivity index (χ2v) is 5.19. The van der Waals surface area contributed by atoms with Crippen molar-refractivity contribution < 1.29 is 9.18 Å². The Bertz CT molecular complexity index is 426. The first kappa shape index (κ1) is 11.9. The third-order valence-corrected chi connectivity index (χ3v) is 3.74. The minimum atomic E-state index is -0.529. The standard InChI is InChI=1S/C11H10BrClFNO/c12-7-3-2-6-15(11(7)16)9-5-1-4-8(13)10(9)14/h1,4-5,7H,2-3,6H2. The van der Waals surface area contributed by atoms with Gasteiger partial charge >= 0.3 is 0 Å². The molecule has 0 spiro atoms. The van der Waals surface area contributed by atoms with Gasteiger partial charge in [-0.15, -0.1) is 0 Å². The number of nitrogens with zero attached hydrogens (tertiary/aromatic N) is 1. The smallest absolute Gasteiger partial charge is 0.240 e. The average Bonchev–Trinajstić information content (AvgIpc) is 2.27. The van der Waals surface area contributed by atoms with Crippen LogP contribution in [0.15, 0.2) is 18.2 Å². The average molecular weight is 307 g/mol. The van der Waals surface area contributed by atoms with Crippen molar-refractivity contribution in [3.05, 3.63) is 29.0 Å². The molecule has 1 unspecified atom stereocenters. The molecular formula is C11H10BrClFNO. The van der Waals surface area contributed by atoms with Crippen molar-refractivity contribution in [1.29, 1.82) is 0 Å². The summed E-state index contributed by atoms with van der Waals surface area (Å²) in [5.74, 6) is -0.633. The molecule has 1 aliphatic heterocycles. The van der Waals surface area contributed by atoms with Crippen LogP contribution in [0, 0.1) is 5.82 Å². The second kappa shape index (κ2) is 4.72. The predicted octanol–water partition coefficient (Wildman–Crippen LogP) is 3.37. The van der Waals surface area contributed by atoms with Crippen molar-refractivity contribution in [3.63, 3.8) is 0 Å². The summed E-state index contributed by atoms with van der Waals surface area (Å²) in [5.41, 5.74) is 0.265. The second-order valence-electron chi connectivity index (χ2n) is 3.67. The van der Waals surface area contributed by atoms with Crippen LogP contribution >= 0.6 is 27.5 Å². The van der Waals surface area contributed by atoms with E-state index in [9.17, 15) is 9.18 Å². The highest BCUT2D eigenvalue weighted by Crippen LogP contribution is 2.29. The van der Waals surface area contributed by atoms with E-state index in [1.807, 2.05) is 0 Å². The number of piperidine rings is 1. The van der Waals surface area contributed by atoms with Crippen LogP contribution in [0.25, 0.3) is 0 Å². The van der Waals surface area contributed by atoms with Crippen molar-refractivity contribution in [2.24, 2.45) is 0 Å². The zero-order valence-electron chi connectivity index (χ0n) is 8.42. The van der Waals surface area contributed by atoms with Crippen LogP contribution in [-0.2, 0) is 4.79 Å². The minimum Gasteiger partial charge on any atom is -0.309 e. The number of alkyl halides is 1. The number of carbonyl (C=O) groups is 1. The SMILES string of the molecule is O=C1C(Br)CCCN1c1cccc(Cl)c1F. The molecule has 0 radical (unpaired) electrons. The van der Waals surface area contributed by atoms with Crippen LogP contribution in [0.1, 0.15) is 12.8 Å². The fourth-order valence-electron chi connectivity index (χ4n) is 1.77. The first-order valence-electron chi connectivity index (χ1n) is 5.00. The van der Waals surface area contributed by atoms with Crippen molar-refractivity contribution in [3.8, 4) is 0 Å². The summed E-state index contributed by atoms with van der Waals surface area (Å²) >= 11 is 8.98. The highest BCUT2D eigenvalue weighted by atomic mass is 79.9. The third kappa shape index (κ3) is 2.09. The molecule has 1 heterocycles. The van der Waals surface area contributed by atoms with Crippen molar-refractivity contribution >= 4 is 39.1 Å². The first-order chi connectivity index (χ1) is 7.61. The number of rotatable bonds is 1. The normalized spacial score (nSPS) is 21.3. The topological polar surface area (TPSA) is 20.3 Å². The first-order valence-corrected chi connectivity index (χ1v) is 6.30. The summed E-state index contributed by atoms with van der Waals surface area (Å²) < 4.78 is 13.7. The van der Waals surface area contributed by atoms with Gasteiger partial charge in [-0.05, 0) is 25.0 Å². The Balaban J connectivity index is 2.36. The van der Waals surface area contributed by atoms with E-state index < -0.39 is 5.82 Å². The lowest BCUT2D eigenvalue weighted by Gasteiger charge is -2.30. The van der Waals surface area contributed by atoms with Crippen LogP contribution < -0.4 is 4.90 Å². The Morgan fingerprint density at radius 3 is 3.00 bits per heavy atom. The monoisotopic (exact) mass is 305 g/mol. The lowest BCUT2D eigenvalue weighted by molar-refractivity contribution is -0.118. The number of halogens is 3. The van der Waals surface area contributed by atoms with Gasteiger partial charge in [0.1, 0.15) is 0 Å². The van der Waals surface area contributed by atoms with Crippen LogP contribution in [0.3, 0.4) is 0 Å². The predicted molar refractivity (Wildman–Crippen MR) is 65.7 cm³/mol. The van der Waals surface area contributed by atoms with E-state index >= 15 is 0 Å². The number of hydrogen-bond acceptors (Lipinski definition) is 1. The van der Waals surface area contributed by atoms with Crippen LogP contribution in [0.2, 0.25) is 5.02 Å². The molecule has 1 amide bonds. The maximum atomic E-state index is 13.7. The number of anilines is 1. The van der Waals surface area contributed by atoms with Gasteiger partial charge in [0.2, 0.25) is 5.91 Å². The van der Waals surface area contributed by atoms with E-state index in [1.54, 1.807) is 12.1 Å². The molecule has 0 aromatic heterocycles. The molecule has 0 aliphatic carbocycles. The molecule has 0 saturated carbocycles. The van der Waals surface area contributed by atoms with Gasteiger partial charge in [0.15, 0.2) is 5.82 Å².